The van der Waals surface area contributed by atoms with Crippen LogP contribution in [0.2, 0.25) is 0 Å². The first-order valence-corrected chi connectivity index (χ1v) is 7.84. The number of benzene rings is 1. The van der Waals surface area contributed by atoms with E-state index in [2.05, 4.69) is 36.3 Å². The van der Waals surface area contributed by atoms with E-state index in [1.165, 1.54) is 18.4 Å². The first kappa shape index (κ1) is 16.1. The van der Waals surface area contributed by atoms with Gasteiger partial charge in [-0.3, -0.25) is 4.90 Å². The van der Waals surface area contributed by atoms with E-state index in [1.54, 1.807) is 14.2 Å². The monoisotopic (exact) mass is 292 g/mol. The second-order valence-corrected chi connectivity index (χ2v) is 5.79. The molecule has 2 rings (SSSR count). The molecular weight excluding hydrogens is 264 g/mol. The first-order chi connectivity index (χ1) is 10.2. The highest BCUT2D eigenvalue weighted by atomic mass is 16.5. The summed E-state index contributed by atoms with van der Waals surface area (Å²) in [6.45, 7) is 5.53. The molecule has 1 aromatic rings. The number of nitrogens with zero attached hydrogens (tertiary/aromatic N) is 1. The van der Waals surface area contributed by atoms with Gasteiger partial charge in [0.2, 0.25) is 0 Å². The third-order valence-electron chi connectivity index (χ3n) is 4.36. The van der Waals surface area contributed by atoms with E-state index in [0.29, 0.717) is 12.0 Å². The summed E-state index contributed by atoms with van der Waals surface area (Å²) in [4.78, 5) is 2.44. The molecule has 4 nitrogen and oxygen atoms in total. The van der Waals surface area contributed by atoms with Crippen LogP contribution >= 0.6 is 0 Å². The van der Waals surface area contributed by atoms with Crippen molar-refractivity contribution < 1.29 is 9.47 Å². The second kappa shape index (κ2) is 7.66. The number of nitrogens with one attached hydrogen (secondary N) is 1. The van der Waals surface area contributed by atoms with Crippen LogP contribution in [0.4, 0.5) is 0 Å². The SMILES string of the molecule is CCCNCC1CCN(C)C1c1ccc(OC)c(OC)c1. The van der Waals surface area contributed by atoms with Gasteiger partial charge in [0.1, 0.15) is 0 Å². The van der Waals surface area contributed by atoms with Crippen LogP contribution in [0, 0.1) is 5.92 Å². The molecule has 1 aromatic carbocycles. The number of ether oxygens (including phenoxy) is 2. The van der Waals surface area contributed by atoms with Gasteiger partial charge in [-0.1, -0.05) is 13.0 Å². The number of hydrogen-bond acceptors (Lipinski definition) is 4. The van der Waals surface area contributed by atoms with Gasteiger partial charge in [0.05, 0.1) is 14.2 Å². The van der Waals surface area contributed by atoms with Crippen molar-refractivity contribution in [1.82, 2.24) is 10.2 Å². The van der Waals surface area contributed by atoms with Gasteiger partial charge in [0.15, 0.2) is 11.5 Å². The highest BCUT2D eigenvalue weighted by Gasteiger charge is 2.33. The third kappa shape index (κ3) is 3.69. The lowest BCUT2D eigenvalue weighted by Crippen LogP contribution is -2.29. The van der Waals surface area contributed by atoms with Crippen molar-refractivity contribution in [1.29, 1.82) is 0 Å². The average molecular weight is 292 g/mol. The summed E-state index contributed by atoms with van der Waals surface area (Å²) in [7, 11) is 5.58. The molecule has 1 saturated heterocycles. The van der Waals surface area contributed by atoms with Crippen LogP contribution in [0.3, 0.4) is 0 Å². The predicted molar refractivity (Wildman–Crippen MR) is 86.2 cm³/mol. The van der Waals surface area contributed by atoms with Crippen LogP contribution in [-0.2, 0) is 0 Å². The molecule has 1 N–H and O–H groups in total. The number of likely N-dealkylation sites (tertiary alicyclic amines) is 1. The molecule has 0 bridgehead atoms. The minimum absolute atomic E-state index is 0.453. The summed E-state index contributed by atoms with van der Waals surface area (Å²) in [5, 5.41) is 3.57. The smallest absolute Gasteiger partial charge is 0.161 e. The van der Waals surface area contributed by atoms with Crippen molar-refractivity contribution in [2.75, 3.05) is 40.9 Å². The Morgan fingerprint density at radius 3 is 2.67 bits per heavy atom. The molecule has 0 radical (unpaired) electrons. The molecule has 2 unspecified atom stereocenters. The van der Waals surface area contributed by atoms with Gasteiger partial charge in [-0.25, -0.2) is 0 Å². The van der Waals surface area contributed by atoms with E-state index < -0.39 is 0 Å². The van der Waals surface area contributed by atoms with Crippen molar-refractivity contribution in [2.24, 2.45) is 5.92 Å². The van der Waals surface area contributed by atoms with E-state index in [9.17, 15) is 0 Å². The molecule has 1 aliphatic rings. The van der Waals surface area contributed by atoms with Crippen LogP contribution in [0.15, 0.2) is 18.2 Å². The third-order valence-corrected chi connectivity index (χ3v) is 4.36. The maximum atomic E-state index is 5.45. The molecule has 1 fully saturated rings. The van der Waals surface area contributed by atoms with Gasteiger partial charge in [-0.2, -0.15) is 0 Å². The highest BCUT2D eigenvalue weighted by molar-refractivity contribution is 5.44. The number of hydrogen-bond donors (Lipinski definition) is 1. The number of rotatable bonds is 7. The molecule has 0 aliphatic carbocycles. The molecule has 2 atom stereocenters. The molecule has 0 amide bonds. The van der Waals surface area contributed by atoms with E-state index >= 15 is 0 Å². The normalized spacial score (nSPS) is 22.5. The van der Waals surface area contributed by atoms with Gasteiger partial charge in [0.25, 0.3) is 0 Å². The van der Waals surface area contributed by atoms with Crippen LogP contribution < -0.4 is 14.8 Å². The van der Waals surface area contributed by atoms with Crippen molar-refractivity contribution >= 4 is 0 Å². The van der Waals surface area contributed by atoms with Crippen LogP contribution in [-0.4, -0.2) is 45.8 Å². The predicted octanol–water partition coefficient (Wildman–Crippen LogP) is 2.70. The Morgan fingerprint density at radius 1 is 1.24 bits per heavy atom. The Balaban J connectivity index is 2.16. The second-order valence-electron chi connectivity index (χ2n) is 5.79. The molecule has 0 aromatic heterocycles. The maximum absolute atomic E-state index is 5.45. The quantitative estimate of drug-likeness (QED) is 0.784. The van der Waals surface area contributed by atoms with Crippen LogP contribution in [0.25, 0.3) is 0 Å². The van der Waals surface area contributed by atoms with E-state index in [1.807, 2.05) is 6.07 Å². The molecule has 0 spiro atoms. The fraction of sp³-hybridized carbons (Fsp3) is 0.647. The van der Waals surface area contributed by atoms with Crippen molar-refractivity contribution in [3.63, 3.8) is 0 Å². The fourth-order valence-corrected chi connectivity index (χ4v) is 3.27. The summed E-state index contributed by atoms with van der Waals surface area (Å²) >= 11 is 0. The van der Waals surface area contributed by atoms with Crippen molar-refractivity contribution in [2.45, 2.75) is 25.8 Å². The van der Waals surface area contributed by atoms with E-state index in [4.69, 9.17) is 9.47 Å². The molecule has 21 heavy (non-hydrogen) atoms. The largest absolute Gasteiger partial charge is 0.493 e. The topological polar surface area (TPSA) is 33.7 Å². The molecule has 1 heterocycles. The molecule has 0 saturated carbocycles. The van der Waals surface area contributed by atoms with Gasteiger partial charge >= 0.3 is 0 Å². The Kier molecular flexibility index (Phi) is 5.88. The molecule has 1 aliphatic heterocycles. The average Bonchev–Trinajstić information content (AvgIpc) is 2.87. The lowest BCUT2D eigenvalue weighted by molar-refractivity contribution is 0.270. The minimum Gasteiger partial charge on any atom is -0.493 e. The zero-order chi connectivity index (χ0) is 15.2. The van der Waals surface area contributed by atoms with Gasteiger partial charge in [-0.15, -0.1) is 0 Å². The van der Waals surface area contributed by atoms with Gasteiger partial charge < -0.3 is 14.8 Å². The van der Waals surface area contributed by atoms with E-state index in [-0.39, 0.29) is 0 Å². The van der Waals surface area contributed by atoms with Crippen molar-refractivity contribution in [3.05, 3.63) is 23.8 Å². The molecule has 4 heteroatoms. The highest BCUT2D eigenvalue weighted by Crippen LogP contribution is 2.39. The zero-order valence-electron chi connectivity index (χ0n) is 13.7. The summed E-state index contributed by atoms with van der Waals surface area (Å²) in [6.07, 6.45) is 2.43. The van der Waals surface area contributed by atoms with Crippen LogP contribution in [0.5, 0.6) is 11.5 Å². The number of methoxy groups -OCH3 is 2. The Morgan fingerprint density at radius 2 is 2.00 bits per heavy atom. The molecular formula is C17H28N2O2. The zero-order valence-corrected chi connectivity index (χ0v) is 13.7. The van der Waals surface area contributed by atoms with Gasteiger partial charge in [0, 0.05) is 6.04 Å². The summed E-state index contributed by atoms with van der Waals surface area (Å²) in [5.74, 6) is 2.26. The summed E-state index contributed by atoms with van der Waals surface area (Å²) in [5.41, 5.74) is 1.32. The Bertz CT molecular complexity index is 450. The van der Waals surface area contributed by atoms with Crippen molar-refractivity contribution in [3.8, 4) is 11.5 Å². The first-order valence-electron chi connectivity index (χ1n) is 7.84. The lowest BCUT2D eigenvalue weighted by Gasteiger charge is -2.26. The van der Waals surface area contributed by atoms with Gasteiger partial charge in [-0.05, 0) is 63.1 Å². The lowest BCUT2D eigenvalue weighted by atomic mass is 9.93. The Hall–Kier alpha value is -1.26. The van der Waals surface area contributed by atoms with Crippen LogP contribution in [0.1, 0.15) is 31.4 Å². The summed E-state index contributed by atoms with van der Waals surface area (Å²) < 4.78 is 10.8. The van der Waals surface area contributed by atoms with E-state index in [0.717, 1.165) is 31.1 Å². The summed E-state index contributed by atoms with van der Waals surface area (Å²) in [6, 6.07) is 6.75. The fourth-order valence-electron chi connectivity index (χ4n) is 3.27. The standard InChI is InChI=1S/C17H28N2O2/c1-5-9-18-12-14-8-10-19(2)17(14)13-6-7-15(20-3)16(11-13)21-4/h6-7,11,14,17-18H,5,8-10,12H2,1-4H3. The molecule has 118 valence electrons. The minimum atomic E-state index is 0.453. The maximum Gasteiger partial charge on any atom is 0.161 e. The Labute approximate surface area is 128 Å².